The predicted octanol–water partition coefficient (Wildman–Crippen LogP) is 2.12. The SMILES string of the molecule is O=C(O)C(CNC(=O)[C@@H]1CCCN(CCCc2ccc3c(n2)NCCC3)C1)NS(=O)(=O)c1ccc2c(c1)CCC2. The van der Waals surface area contributed by atoms with E-state index in [0.29, 0.717) is 6.54 Å². The molecule has 0 spiro atoms. The number of sulfonamides is 1. The summed E-state index contributed by atoms with van der Waals surface area (Å²) in [6.07, 6.45) is 8.34. The lowest BCUT2D eigenvalue weighted by molar-refractivity contribution is -0.139. The number of nitrogens with zero attached hydrogens (tertiary/aromatic N) is 2. The van der Waals surface area contributed by atoms with Gasteiger partial charge in [0.15, 0.2) is 0 Å². The molecule has 216 valence electrons. The summed E-state index contributed by atoms with van der Waals surface area (Å²) in [6.45, 7) is 3.03. The number of likely N-dealkylation sites (tertiary alicyclic amines) is 1. The zero-order valence-corrected chi connectivity index (χ0v) is 23.6. The average molecular weight is 570 g/mol. The number of aryl methyl sites for hydroxylation is 4. The van der Waals surface area contributed by atoms with E-state index in [-0.39, 0.29) is 23.3 Å². The Hall–Kier alpha value is -3.02. The molecule has 1 aromatic heterocycles. The average Bonchev–Trinajstić information content (AvgIpc) is 3.43. The molecule has 1 fully saturated rings. The summed E-state index contributed by atoms with van der Waals surface area (Å²) in [7, 11) is -4.05. The first-order valence-corrected chi connectivity index (χ1v) is 15.9. The number of amides is 1. The second kappa shape index (κ2) is 12.7. The number of anilines is 1. The summed E-state index contributed by atoms with van der Waals surface area (Å²) in [5.41, 5.74) is 4.47. The Kier molecular flexibility index (Phi) is 9.02. The molecule has 1 saturated heterocycles. The number of rotatable bonds is 11. The number of benzene rings is 1. The second-order valence-corrected chi connectivity index (χ2v) is 12.8. The second-order valence-electron chi connectivity index (χ2n) is 11.1. The molecule has 0 radical (unpaired) electrons. The van der Waals surface area contributed by atoms with Crippen molar-refractivity contribution in [2.45, 2.75) is 68.7 Å². The summed E-state index contributed by atoms with van der Waals surface area (Å²) in [6, 6.07) is 7.75. The van der Waals surface area contributed by atoms with Crippen LogP contribution in [0.3, 0.4) is 0 Å². The first-order valence-electron chi connectivity index (χ1n) is 14.4. The van der Waals surface area contributed by atoms with E-state index in [9.17, 15) is 23.1 Å². The van der Waals surface area contributed by atoms with E-state index in [1.807, 2.05) is 0 Å². The summed E-state index contributed by atoms with van der Waals surface area (Å²) in [4.78, 5) is 31.9. The minimum atomic E-state index is -4.05. The molecular formula is C29H39N5O5S. The van der Waals surface area contributed by atoms with Gasteiger partial charge in [-0.05, 0) is 106 Å². The number of carboxylic acid groups (broad SMARTS) is 1. The Bertz CT molecular complexity index is 1350. The molecule has 3 aliphatic rings. The number of carbonyl (C=O) groups is 2. The van der Waals surface area contributed by atoms with Crippen LogP contribution in [0.2, 0.25) is 0 Å². The Balaban J connectivity index is 1.09. The fourth-order valence-corrected chi connectivity index (χ4v) is 7.20. The highest BCUT2D eigenvalue weighted by molar-refractivity contribution is 7.89. The highest BCUT2D eigenvalue weighted by Crippen LogP contribution is 2.25. The first kappa shape index (κ1) is 28.5. The summed E-state index contributed by atoms with van der Waals surface area (Å²) < 4.78 is 28.1. The third-order valence-electron chi connectivity index (χ3n) is 8.19. The van der Waals surface area contributed by atoms with Gasteiger partial charge in [0.1, 0.15) is 11.9 Å². The van der Waals surface area contributed by atoms with Crippen molar-refractivity contribution in [3.63, 3.8) is 0 Å². The molecule has 2 aliphatic heterocycles. The molecule has 4 N–H and O–H groups in total. The molecule has 0 saturated carbocycles. The number of piperidine rings is 1. The molecule has 3 heterocycles. The van der Waals surface area contributed by atoms with Gasteiger partial charge >= 0.3 is 5.97 Å². The van der Waals surface area contributed by atoms with E-state index < -0.39 is 22.0 Å². The van der Waals surface area contributed by atoms with Crippen LogP contribution in [0.4, 0.5) is 5.82 Å². The Morgan fingerprint density at radius 2 is 1.88 bits per heavy atom. The van der Waals surface area contributed by atoms with Crippen LogP contribution < -0.4 is 15.4 Å². The van der Waals surface area contributed by atoms with Gasteiger partial charge in [-0.3, -0.25) is 9.59 Å². The fourth-order valence-electron chi connectivity index (χ4n) is 5.96. The maximum absolute atomic E-state index is 12.9. The number of hydrogen-bond donors (Lipinski definition) is 4. The van der Waals surface area contributed by atoms with Crippen LogP contribution in [-0.4, -0.2) is 74.1 Å². The lowest BCUT2D eigenvalue weighted by Gasteiger charge is -2.32. The van der Waals surface area contributed by atoms with Crippen molar-refractivity contribution in [3.8, 4) is 0 Å². The molecule has 11 heteroatoms. The first-order chi connectivity index (χ1) is 19.3. The van der Waals surface area contributed by atoms with Crippen molar-refractivity contribution in [1.82, 2.24) is 19.9 Å². The highest BCUT2D eigenvalue weighted by Gasteiger charge is 2.30. The van der Waals surface area contributed by atoms with E-state index in [2.05, 4.69) is 32.4 Å². The highest BCUT2D eigenvalue weighted by atomic mass is 32.2. The zero-order valence-electron chi connectivity index (χ0n) is 22.8. The van der Waals surface area contributed by atoms with Crippen LogP contribution >= 0.6 is 0 Å². The standard InChI is InChI=1S/C29H39N5O5S/c35-28(31-18-26(29(36)37)33-40(38,39)25-13-11-20-5-1-6-22(20)17-25)23-8-3-15-34(19-23)16-4-9-24-12-10-21-7-2-14-30-27(21)32-24/h10-13,17,23,26,33H,1-9,14-16,18-19H2,(H,30,32)(H,31,35)(H,36,37)/t23-,26?/m1/s1. The zero-order chi connectivity index (χ0) is 28.1. The van der Waals surface area contributed by atoms with E-state index in [4.69, 9.17) is 4.98 Å². The molecule has 40 heavy (non-hydrogen) atoms. The van der Waals surface area contributed by atoms with Crippen LogP contribution in [0.15, 0.2) is 35.2 Å². The van der Waals surface area contributed by atoms with Crippen molar-refractivity contribution < 1.29 is 23.1 Å². The number of aromatic nitrogens is 1. The number of hydrogen-bond acceptors (Lipinski definition) is 7. The maximum atomic E-state index is 12.9. The predicted molar refractivity (Wildman–Crippen MR) is 152 cm³/mol. The van der Waals surface area contributed by atoms with E-state index >= 15 is 0 Å². The van der Waals surface area contributed by atoms with E-state index in [0.717, 1.165) is 100 Å². The number of carboxylic acids is 1. The monoisotopic (exact) mass is 569 g/mol. The maximum Gasteiger partial charge on any atom is 0.323 e. The summed E-state index contributed by atoms with van der Waals surface area (Å²) in [5.74, 6) is -0.827. The van der Waals surface area contributed by atoms with E-state index in [1.54, 1.807) is 12.1 Å². The van der Waals surface area contributed by atoms with Crippen LogP contribution in [0.5, 0.6) is 0 Å². The summed E-state index contributed by atoms with van der Waals surface area (Å²) >= 11 is 0. The van der Waals surface area contributed by atoms with Crippen molar-refractivity contribution in [3.05, 3.63) is 52.7 Å². The van der Waals surface area contributed by atoms with Crippen molar-refractivity contribution in [2.24, 2.45) is 5.92 Å². The van der Waals surface area contributed by atoms with Crippen LogP contribution in [0.1, 0.15) is 54.5 Å². The van der Waals surface area contributed by atoms with Crippen molar-refractivity contribution in [1.29, 1.82) is 0 Å². The van der Waals surface area contributed by atoms with Gasteiger partial charge in [-0.15, -0.1) is 0 Å². The van der Waals surface area contributed by atoms with Gasteiger partial charge in [0.05, 0.1) is 10.8 Å². The molecule has 2 atom stereocenters. The minimum absolute atomic E-state index is 0.0514. The van der Waals surface area contributed by atoms with Crippen molar-refractivity contribution >= 4 is 27.7 Å². The van der Waals surface area contributed by atoms with Crippen LogP contribution in [0.25, 0.3) is 0 Å². The molecule has 5 rings (SSSR count). The van der Waals surface area contributed by atoms with Gasteiger partial charge in [0.25, 0.3) is 0 Å². The molecule has 0 bridgehead atoms. The molecule has 2 aromatic rings. The van der Waals surface area contributed by atoms with Crippen LogP contribution in [-0.2, 0) is 45.3 Å². The largest absolute Gasteiger partial charge is 0.480 e. The third kappa shape index (κ3) is 7.00. The molecule has 1 aliphatic carbocycles. The van der Waals surface area contributed by atoms with Crippen LogP contribution in [0, 0.1) is 5.92 Å². The molecular weight excluding hydrogens is 530 g/mol. The number of carbonyl (C=O) groups excluding carboxylic acids is 1. The number of nitrogens with one attached hydrogen (secondary N) is 3. The van der Waals surface area contributed by atoms with Gasteiger partial charge in [0.2, 0.25) is 15.9 Å². The number of fused-ring (bicyclic) bond motifs is 2. The third-order valence-corrected chi connectivity index (χ3v) is 9.66. The Morgan fingerprint density at radius 3 is 2.73 bits per heavy atom. The smallest absolute Gasteiger partial charge is 0.323 e. The van der Waals surface area contributed by atoms with Gasteiger partial charge in [-0.25, -0.2) is 13.4 Å². The lowest BCUT2D eigenvalue weighted by atomic mass is 9.96. The normalized spacial score (nSPS) is 19.8. The van der Waals surface area contributed by atoms with Gasteiger partial charge < -0.3 is 20.6 Å². The topological polar surface area (TPSA) is 141 Å². The molecule has 1 aromatic carbocycles. The van der Waals surface area contributed by atoms with Gasteiger partial charge in [0, 0.05) is 25.3 Å². The Labute approximate surface area is 236 Å². The molecule has 10 nitrogen and oxygen atoms in total. The molecule has 1 amide bonds. The van der Waals surface area contributed by atoms with Crippen molar-refractivity contribution in [2.75, 3.05) is 38.0 Å². The minimum Gasteiger partial charge on any atom is -0.480 e. The van der Waals surface area contributed by atoms with E-state index in [1.165, 1.54) is 11.6 Å². The lowest BCUT2D eigenvalue weighted by Crippen LogP contribution is -2.50. The summed E-state index contributed by atoms with van der Waals surface area (Å²) in [5, 5.41) is 15.7. The molecule has 1 unspecified atom stereocenters. The number of pyridine rings is 1. The Morgan fingerprint density at radius 1 is 1.07 bits per heavy atom. The van der Waals surface area contributed by atoms with Gasteiger partial charge in [-0.1, -0.05) is 12.1 Å². The van der Waals surface area contributed by atoms with Gasteiger partial charge in [-0.2, -0.15) is 4.72 Å². The quantitative estimate of drug-likeness (QED) is 0.323. The fraction of sp³-hybridized carbons (Fsp3) is 0.552. The number of aliphatic carboxylic acids is 1.